The molecule has 0 unspecified atom stereocenters. The molecule has 0 bridgehead atoms. The number of halogens is 1. The lowest BCUT2D eigenvalue weighted by atomic mass is 9.75. The van der Waals surface area contributed by atoms with Gasteiger partial charge in [0, 0.05) is 12.2 Å². The summed E-state index contributed by atoms with van der Waals surface area (Å²) in [4.78, 5) is 15.7. The highest BCUT2D eigenvalue weighted by molar-refractivity contribution is 6.29. The molecule has 0 aromatic carbocycles. The number of aromatic nitrogens is 1. The van der Waals surface area contributed by atoms with Crippen LogP contribution in [0.2, 0.25) is 5.15 Å². The van der Waals surface area contributed by atoms with E-state index in [2.05, 4.69) is 10.3 Å². The fraction of sp³-hybridized carbons (Fsp3) is 0.600. The number of pyridine rings is 1. The van der Waals surface area contributed by atoms with E-state index in [9.17, 15) is 4.79 Å². The minimum atomic E-state index is -0.456. The van der Waals surface area contributed by atoms with Gasteiger partial charge < -0.3 is 10.1 Å². The fourth-order valence-electron chi connectivity index (χ4n) is 2.42. The molecule has 1 aliphatic carbocycles. The molecule has 0 aliphatic heterocycles. The summed E-state index contributed by atoms with van der Waals surface area (Å²) >= 11 is 5.93. The standard InChI is InChI=1S/C15H21ClN2O2/c1-9-8-17-13(16)7-12(9)10-5-11(6-10)18-14(19)20-15(2,3)4/h7-8,10-11H,5-6H2,1-4H3,(H,18,19). The zero-order valence-corrected chi connectivity index (χ0v) is 13.1. The predicted octanol–water partition coefficient (Wildman–Crippen LogP) is 3.81. The van der Waals surface area contributed by atoms with Crippen LogP contribution in [0, 0.1) is 6.92 Å². The summed E-state index contributed by atoms with van der Waals surface area (Å²) in [6.45, 7) is 7.61. The first-order valence-corrected chi connectivity index (χ1v) is 7.24. The first kappa shape index (κ1) is 15.1. The number of rotatable bonds is 2. The highest BCUT2D eigenvalue weighted by Crippen LogP contribution is 2.38. The molecule has 1 fully saturated rings. The maximum atomic E-state index is 11.7. The lowest BCUT2D eigenvalue weighted by Crippen LogP contribution is -2.45. The van der Waals surface area contributed by atoms with E-state index >= 15 is 0 Å². The number of amides is 1. The third kappa shape index (κ3) is 3.85. The molecular formula is C15H21ClN2O2. The summed E-state index contributed by atoms with van der Waals surface area (Å²) in [5, 5.41) is 3.42. The number of carbonyl (C=O) groups is 1. The van der Waals surface area contributed by atoms with E-state index in [4.69, 9.17) is 16.3 Å². The maximum absolute atomic E-state index is 11.7. The number of carbonyl (C=O) groups excluding carboxylic acids is 1. The Balaban J connectivity index is 1.86. The van der Waals surface area contributed by atoms with Crippen LogP contribution in [0.4, 0.5) is 4.79 Å². The maximum Gasteiger partial charge on any atom is 0.407 e. The summed E-state index contributed by atoms with van der Waals surface area (Å²) in [6.07, 6.45) is 3.29. The third-order valence-electron chi connectivity index (χ3n) is 3.41. The van der Waals surface area contributed by atoms with Gasteiger partial charge >= 0.3 is 6.09 Å². The van der Waals surface area contributed by atoms with Crippen molar-refractivity contribution in [2.75, 3.05) is 0 Å². The molecule has 1 aromatic rings. The van der Waals surface area contributed by atoms with Crippen LogP contribution in [0.3, 0.4) is 0 Å². The second-order valence-corrected chi connectivity index (χ2v) is 6.76. The van der Waals surface area contributed by atoms with E-state index in [0.717, 1.165) is 18.4 Å². The Morgan fingerprint density at radius 1 is 1.45 bits per heavy atom. The number of hydrogen-bond acceptors (Lipinski definition) is 3. The molecule has 0 spiro atoms. The summed E-state index contributed by atoms with van der Waals surface area (Å²) in [6, 6.07) is 2.10. The number of nitrogens with one attached hydrogen (secondary N) is 1. The molecule has 110 valence electrons. The smallest absolute Gasteiger partial charge is 0.407 e. The average molecular weight is 297 g/mol. The van der Waals surface area contributed by atoms with Crippen LogP contribution in [0.25, 0.3) is 0 Å². The normalized spacial score (nSPS) is 22.1. The Morgan fingerprint density at radius 2 is 2.10 bits per heavy atom. The highest BCUT2D eigenvalue weighted by atomic mass is 35.5. The van der Waals surface area contributed by atoms with Crippen molar-refractivity contribution in [3.05, 3.63) is 28.5 Å². The van der Waals surface area contributed by atoms with Crippen LogP contribution in [-0.4, -0.2) is 22.7 Å². The first-order valence-electron chi connectivity index (χ1n) is 6.86. The van der Waals surface area contributed by atoms with E-state index in [1.54, 1.807) is 6.20 Å². The van der Waals surface area contributed by atoms with Gasteiger partial charge in [0.05, 0.1) is 0 Å². The average Bonchev–Trinajstić information content (AvgIpc) is 2.24. The molecule has 0 radical (unpaired) electrons. The van der Waals surface area contributed by atoms with Gasteiger partial charge in [-0.2, -0.15) is 0 Å². The molecule has 1 amide bonds. The zero-order valence-electron chi connectivity index (χ0n) is 12.4. The number of alkyl carbamates (subject to hydrolysis) is 1. The Morgan fingerprint density at radius 3 is 2.70 bits per heavy atom. The van der Waals surface area contributed by atoms with Crippen LogP contribution in [0.5, 0.6) is 0 Å². The molecule has 1 aliphatic rings. The number of hydrogen-bond donors (Lipinski definition) is 1. The van der Waals surface area contributed by atoms with E-state index in [1.807, 2.05) is 33.8 Å². The molecular weight excluding hydrogens is 276 g/mol. The molecule has 0 atom stereocenters. The van der Waals surface area contributed by atoms with Crippen molar-refractivity contribution >= 4 is 17.7 Å². The molecule has 1 saturated carbocycles. The van der Waals surface area contributed by atoms with Gasteiger partial charge in [0.25, 0.3) is 0 Å². The summed E-state index contributed by atoms with van der Waals surface area (Å²) in [5.74, 6) is 0.440. The van der Waals surface area contributed by atoms with E-state index in [-0.39, 0.29) is 12.1 Å². The lowest BCUT2D eigenvalue weighted by molar-refractivity contribution is 0.0471. The predicted molar refractivity (Wildman–Crippen MR) is 79.1 cm³/mol. The lowest BCUT2D eigenvalue weighted by Gasteiger charge is -2.37. The van der Waals surface area contributed by atoms with Gasteiger partial charge in [-0.1, -0.05) is 11.6 Å². The van der Waals surface area contributed by atoms with Crippen molar-refractivity contribution in [2.45, 2.75) is 58.1 Å². The van der Waals surface area contributed by atoms with Crippen molar-refractivity contribution in [3.8, 4) is 0 Å². The Kier molecular flexibility index (Phi) is 4.23. The van der Waals surface area contributed by atoms with Crippen LogP contribution in [0.15, 0.2) is 12.3 Å². The van der Waals surface area contributed by atoms with E-state index in [0.29, 0.717) is 11.1 Å². The van der Waals surface area contributed by atoms with Gasteiger partial charge in [0.2, 0.25) is 0 Å². The first-order chi connectivity index (χ1) is 9.24. The molecule has 2 rings (SSSR count). The van der Waals surface area contributed by atoms with Crippen molar-refractivity contribution in [1.29, 1.82) is 0 Å². The SMILES string of the molecule is Cc1cnc(Cl)cc1C1CC(NC(=O)OC(C)(C)C)C1. The second kappa shape index (κ2) is 5.60. The molecule has 4 nitrogen and oxygen atoms in total. The van der Waals surface area contributed by atoms with E-state index in [1.165, 1.54) is 5.56 Å². The zero-order chi connectivity index (χ0) is 14.9. The number of nitrogens with zero attached hydrogens (tertiary/aromatic N) is 1. The van der Waals surface area contributed by atoms with Crippen LogP contribution < -0.4 is 5.32 Å². The van der Waals surface area contributed by atoms with Crippen molar-refractivity contribution < 1.29 is 9.53 Å². The van der Waals surface area contributed by atoms with Crippen LogP contribution in [-0.2, 0) is 4.74 Å². The minimum Gasteiger partial charge on any atom is -0.444 e. The number of ether oxygens (including phenoxy) is 1. The summed E-state index contributed by atoms with van der Waals surface area (Å²) in [5.41, 5.74) is 1.92. The quantitative estimate of drug-likeness (QED) is 0.844. The second-order valence-electron chi connectivity index (χ2n) is 6.38. The van der Waals surface area contributed by atoms with E-state index < -0.39 is 5.60 Å². The molecule has 20 heavy (non-hydrogen) atoms. The van der Waals surface area contributed by atoms with Crippen molar-refractivity contribution in [3.63, 3.8) is 0 Å². The van der Waals surface area contributed by atoms with Gasteiger partial charge in [-0.3, -0.25) is 0 Å². The summed E-state index contributed by atoms with van der Waals surface area (Å²) < 4.78 is 5.25. The van der Waals surface area contributed by atoms with Gasteiger partial charge in [0.1, 0.15) is 10.8 Å². The topological polar surface area (TPSA) is 51.2 Å². The van der Waals surface area contributed by atoms with Crippen molar-refractivity contribution in [1.82, 2.24) is 10.3 Å². The monoisotopic (exact) mass is 296 g/mol. The van der Waals surface area contributed by atoms with Gasteiger partial charge in [0.15, 0.2) is 0 Å². The van der Waals surface area contributed by atoms with Gasteiger partial charge in [-0.25, -0.2) is 9.78 Å². The summed E-state index contributed by atoms with van der Waals surface area (Å²) in [7, 11) is 0. The van der Waals surface area contributed by atoms with Crippen LogP contribution in [0.1, 0.15) is 50.7 Å². The fourth-order valence-corrected chi connectivity index (χ4v) is 2.58. The number of aryl methyl sites for hydroxylation is 1. The Labute approximate surface area is 124 Å². The minimum absolute atomic E-state index is 0.182. The molecule has 1 heterocycles. The molecule has 1 aromatic heterocycles. The van der Waals surface area contributed by atoms with Gasteiger partial charge in [-0.15, -0.1) is 0 Å². The largest absolute Gasteiger partial charge is 0.444 e. The Hall–Kier alpha value is -1.29. The third-order valence-corrected chi connectivity index (χ3v) is 3.62. The van der Waals surface area contributed by atoms with Gasteiger partial charge in [-0.05, 0) is 63.6 Å². The molecule has 0 saturated heterocycles. The van der Waals surface area contributed by atoms with Crippen molar-refractivity contribution in [2.24, 2.45) is 0 Å². The highest BCUT2D eigenvalue weighted by Gasteiger charge is 2.33. The molecule has 5 heteroatoms. The Bertz CT molecular complexity index is 505. The van der Waals surface area contributed by atoms with Crippen LogP contribution >= 0.6 is 11.6 Å². The molecule has 1 N–H and O–H groups in total.